The van der Waals surface area contributed by atoms with Crippen molar-refractivity contribution in [2.45, 2.75) is 19.4 Å². The first-order chi connectivity index (χ1) is 7.88. The molecule has 1 aromatic rings. The van der Waals surface area contributed by atoms with Crippen molar-refractivity contribution in [2.75, 3.05) is 12.0 Å². The molecule has 0 aliphatic carbocycles. The number of hydrogen-bond acceptors (Lipinski definition) is 3. The third-order valence-corrected chi connectivity index (χ3v) is 3.32. The van der Waals surface area contributed by atoms with Crippen LogP contribution in [0.25, 0.3) is 0 Å². The zero-order valence-corrected chi connectivity index (χ0v) is 10.8. The molecule has 0 aliphatic heterocycles. The van der Waals surface area contributed by atoms with Gasteiger partial charge in [0, 0.05) is 12.7 Å². The topological polar surface area (TPSA) is 63.2 Å². The molecule has 1 N–H and O–H groups in total. The Kier molecular flexibility index (Phi) is 4.69. The van der Waals surface area contributed by atoms with Crippen molar-refractivity contribution in [2.24, 2.45) is 0 Å². The highest BCUT2D eigenvalue weighted by atomic mass is 32.2. The van der Waals surface area contributed by atoms with Crippen molar-refractivity contribution in [1.82, 2.24) is 5.32 Å². The molecule has 0 aliphatic rings. The summed E-state index contributed by atoms with van der Waals surface area (Å²) in [7, 11) is -3.08. The normalized spacial score (nSPS) is 13.1. The van der Waals surface area contributed by atoms with Crippen LogP contribution in [-0.4, -0.2) is 26.3 Å². The lowest BCUT2D eigenvalue weighted by molar-refractivity contribution is -0.121. The second kappa shape index (κ2) is 5.82. The van der Waals surface area contributed by atoms with Gasteiger partial charge in [-0.1, -0.05) is 30.3 Å². The van der Waals surface area contributed by atoms with Crippen LogP contribution in [0, 0.1) is 0 Å². The lowest BCUT2D eigenvalue weighted by atomic mass is 10.1. The SMILES string of the molecule is CC(NC(=O)CCS(C)(=O)=O)c1ccccc1. The van der Waals surface area contributed by atoms with Gasteiger partial charge in [-0.05, 0) is 12.5 Å². The Balaban J connectivity index is 2.47. The van der Waals surface area contributed by atoms with E-state index in [0.717, 1.165) is 11.8 Å². The van der Waals surface area contributed by atoms with E-state index in [0.29, 0.717) is 0 Å². The first-order valence-corrected chi connectivity index (χ1v) is 7.46. The minimum Gasteiger partial charge on any atom is -0.350 e. The Labute approximate surface area is 102 Å². The summed E-state index contributed by atoms with van der Waals surface area (Å²) in [5.74, 6) is -0.354. The van der Waals surface area contributed by atoms with Gasteiger partial charge < -0.3 is 5.32 Å². The molecule has 0 aromatic heterocycles. The molecule has 1 atom stereocenters. The Hall–Kier alpha value is -1.36. The molecule has 1 unspecified atom stereocenters. The second-order valence-electron chi connectivity index (χ2n) is 4.08. The molecule has 0 bridgehead atoms. The van der Waals surface area contributed by atoms with Crippen LogP contribution < -0.4 is 5.32 Å². The average molecular weight is 255 g/mol. The first kappa shape index (κ1) is 13.7. The Bertz CT molecular complexity index is 468. The average Bonchev–Trinajstić information content (AvgIpc) is 2.27. The number of hydrogen-bond donors (Lipinski definition) is 1. The summed E-state index contributed by atoms with van der Waals surface area (Å²) in [6, 6.07) is 9.43. The predicted octanol–water partition coefficient (Wildman–Crippen LogP) is 1.30. The monoisotopic (exact) mass is 255 g/mol. The molecule has 1 rings (SSSR count). The molecule has 0 saturated carbocycles. The van der Waals surface area contributed by atoms with Gasteiger partial charge in [0.2, 0.25) is 5.91 Å². The van der Waals surface area contributed by atoms with E-state index in [1.807, 2.05) is 37.3 Å². The fourth-order valence-electron chi connectivity index (χ4n) is 1.42. The van der Waals surface area contributed by atoms with E-state index in [4.69, 9.17) is 0 Å². The molecular formula is C12H17NO3S. The maximum Gasteiger partial charge on any atom is 0.221 e. The molecule has 94 valence electrons. The van der Waals surface area contributed by atoms with Crippen LogP contribution in [0.4, 0.5) is 0 Å². The predicted molar refractivity (Wildman–Crippen MR) is 67.3 cm³/mol. The molecule has 1 amide bonds. The Morgan fingerprint density at radius 2 is 1.88 bits per heavy atom. The molecule has 17 heavy (non-hydrogen) atoms. The van der Waals surface area contributed by atoms with Crippen LogP contribution in [0.3, 0.4) is 0 Å². The minimum atomic E-state index is -3.08. The van der Waals surface area contributed by atoms with E-state index in [9.17, 15) is 13.2 Å². The van der Waals surface area contributed by atoms with E-state index in [-0.39, 0.29) is 24.1 Å². The summed E-state index contributed by atoms with van der Waals surface area (Å²) in [6.45, 7) is 1.87. The van der Waals surface area contributed by atoms with Crippen LogP contribution in [0.5, 0.6) is 0 Å². The van der Waals surface area contributed by atoms with Crippen molar-refractivity contribution < 1.29 is 13.2 Å². The Morgan fingerprint density at radius 3 is 2.41 bits per heavy atom. The van der Waals surface area contributed by atoms with Gasteiger partial charge in [-0.25, -0.2) is 8.42 Å². The van der Waals surface area contributed by atoms with Crippen molar-refractivity contribution >= 4 is 15.7 Å². The summed E-state index contributed by atoms with van der Waals surface area (Å²) in [4.78, 5) is 11.5. The van der Waals surface area contributed by atoms with Crippen LogP contribution in [-0.2, 0) is 14.6 Å². The van der Waals surface area contributed by atoms with Gasteiger partial charge in [-0.15, -0.1) is 0 Å². The third-order valence-electron chi connectivity index (χ3n) is 2.38. The van der Waals surface area contributed by atoms with Crippen LogP contribution in [0.15, 0.2) is 30.3 Å². The number of benzene rings is 1. The van der Waals surface area contributed by atoms with Gasteiger partial charge in [0.25, 0.3) is 0 Å². The van der Waals surface area contributed by atoms with Crippen LogP contribution in [0.1, 0.15) is 24.9 Å². The molecule has 0 heterocycles. The molecule has 0 radical (unpaired) electrons. The van der Waals surface area contributed by atoms with Gasteiger partial charge in [0.15, 0.2) is 0 Å². The highest BCUT2D eigenvalue weighted by Crippen LogP contribution is 2.11. The largest absolute Gasteiger partial charge is 0.350 e. The minimum absolute atomic E-state index is 0.00993. The standard InChI is InChI=1S/C12H17NO3S/c1-10(11-6-4-3-5-7-11)13-12(14)8-9-17(2,15)16/h3-7,10H,8-9H2,1-2H3,(H,13,14). The van der Waals surface area contributed by atoms with E-state index in [1.165, 1.54) is 0 Å². The summed E-state index contributed by atoms with van der Waals surface area (Å²) in [5, 5.41) is 2.77. The number of sulfone groups is 1. The van der Waals surface area contributed by atoms with E-state index in [1.54, 1.807) is 0 Å². The molecule has 0 saturated heterocycles. The van der Waals surface area contributed by atoms with Crippen LogP contribution >= 0.6 is 0 Å². The highest BCUT2D eigenvalue weighted by Gasteiger charge is 2.11. The lowest BCUT2D eigenvalue weighted by Gasteiger charge is -2.13. The number of amides is 1. The summed E-state index contributed by atoms with van der Waals surface area (Å²) < 4.78 is 21.8. The van der Waals surface area contributed by atoms with E-state index >= 15 is 0 Å². The molecule has 0 spiro atoms. The van der Waals surface area contributed by atoms with Crippen molar-refractivity contribution in [1.29, 1.82) is 0 Å². The highest BCUT2D eigenvalue weighted by molar-refractivity contribution is 7.90. The maximum absolute atomic E-state index is 11.5. The van der Waals surface area contributed by atoms with Gasteiger partial charge in [-0.2, -0.15) is 0 Å². The van der Waals surface area contributed by atoms with E-state index in [2.05, 4.69) is 5.32 Å². The second-order valence-corrected chi connectivity index (χ2v) is 6.34. The fraction of sp³-hybridized carbons (Fsp3) is 0.417. The smallest absolute Gasteiger partial charge is 0.221 e. The lowest BCUT2D eigenvalue weighted by Crippen LogP contribution is -2.28. The van der Waals surface area contributed by atoms with Crippen molar-refractivity contribution in [3.8, 4) is 0 Å². The zero-order valence-electron chi connectivity index (χ0n) is 10.0. The van der Waals surface area contributed by atoms with Gasteiger partial charge >= 0.3 is 0 Å². The number of nitrogens with one attached hydrogen (secondary N) is 1. The summed E-state index contributed by atoms with van der Waals surface area (Å²) in [5.41, 5.74) is 1.00. The molecule has 0 fully saturated rings. The summed E-state index contributed by atoms with van der Waals surface area (Å²) in [6.07, 6.45) is 1.14. The summed E-state index contributed by atoms with van der Waals surface area (Å²) >= 11 is 0. The Morgan fingerprint density at radius 1 is 1.29 bits per heavy atom. The molecular weight excluding hydrogens is 238 g/mol. The van der Waals surface area contributed by atoms with E-state index < -0.39 is 9.84 Å². The number of rotatable bonds is 5. The molecule has 4 nitrogen and oxygen atoms in total. The van der Waals surface area contributed by atoms with Crippen LogP contribution in [0.2, 0.25) is 0 Å². The number of carbonyl (C=O) groups is 1. The zero-order chi connectivity index (χ0) is 12.9. The van der Waals surface area contributed by atoms with Crippen molar-refractivity contribution in [3.05, 3.63) is 35.9 Å². The fourth-order valence-corrected chi connectivity index (χ4v) is 1.97. The first-order valence-electron chi connectivity index (χ1n) is 5.40. The van der Waals surface area contributed by atoms with Gasteiger partial charge in [-0.3, -0.25) is 4.79 Å². The molecule has 5 heteroatoms. The molecule has 1 aromatic carbocycles. The maximum atomic E-state index is 11.5. The quantitative estimate of drug-likeness (QED) is 0.862. The third kappa shape index (κ3) is 5.49. The van der Waals surface area contributed by atoms with Crippen molar-refractivity contribution in [3.63, 3.8) is 0 Å². The van der Waals surface area contributed by atoms with Gasteiger partial charge in [0.1, 0.15) is 9.84 Å². The number of carbonyl (C=O) groups excluding carboxylic acids is 1. The van der Waals surface area contributed by atoms with Gasteiger partial charge in [0.05, 0.1) is 11.8 Å².